The summed E-state index contributed by atoms with van der Waals surface area (Å²) in [7, 11) is 0. The Morgan fingerprint density at radius 1 is 1.13 bits per heavy atom. The monoisotopic (exact) mass is 444 g/mol. The van der Waals surface area contributed by atoms with Gasteiger partial charge in [0.15, 0.2) is 5.69 Å². The van der Waals surface area contributed by atoms with E-state index in [1.807, 2.05) is 30.0 Å². The van der Waals surface area contributed by atoms with Crippen LogP contribution in [0.25, 0.3) is 0 Å². The van der Waals surface area contributed by atoms with Crippen molar-refractivity contribution in [1.82, 2.24) is 14.7 Å². The number of carbonyl (C=O) groups excluding carboxylic acids is 2. The van der Waals surface area contributed by atoms with Gasteiger partial charge in [-0.2, -0.15) is 5.10 Å². The average Bonchev–Trinajstić information content (AvgIpc) is 3.14. The normalized spacial score (nSPS) is 16.2. The van der Waals surface area contributed by atoms with E-state index in [1.54, 1.807) is 11.6 Å². The number of piperazine rings is 1. The first kappa shape index (κ1) is 21.7. The summed E-state index contributed by atoms with van der Waals surface area (Å²) in [5, 5.41) is 5.27. The predicted octanol–water partition coefficient (Wildman–Crippen LogP) is 3.25. The van der Waals surface area contributed by atoms with Gasteiger partial charge in [0, 0.05) is 37.4 Å². The molecular weight excluding hydrogens is 416 g/mol. The molecule has 2 aromatic rings. The van der Waals surface area contributed by atoms with Gasteiger partial charge in [-0.25, -0.2) is 4.79 Å². The Hall–Kier alpha value is -2.54. The second kappa shape index (κ2) is 9.30. The molecule has 1 aliphatic heterocycles. The van der Waals surface area contributed by atoms with Crippen LogP contribution in [-0.4, -0.2) is 59.3 Å². The van der Waals surface area contributed by atoms with Crippen molar-refractivity contribution in [2.45, 2.75) is 46.1 Å². The van der Waals surface area contributed by atoms with Gasteiger partial charge in [-0.05, 0) is 51.2 Å². The summed E-state index contributed by atoms with van der Waals surface area (Å²) in [5.41, 5.74) is 4.42. The molecule has 0 spiro atoms. The molecule has 1 saturated heterocycles. The van der Waals surface area contributed by atoms with Crippen molar-refractivity contribution in [2.24, 2.45) is 0 Å². The van der Waals surface area contributed by atoms with Crippen LogP contribution in [0.5, 0.6) is 0 Å². The zero-order chi connectivity index (χ0) is 22.0. The van der Waals surface area contributed by atoms with E-state index in [0.29, 0.717) is 25.4 Å². The summed E-state index contributed by atoms with van der Waals surface area (Å²) in [6.45, 7) is 7.01. The number of anilines is 1. The highest BCUT2D eigenvalue weighted by Gasteiger charge is 2.28. The second-order valence-electron chi connectivity index (χ2n) is 8.13. The van der Waals surface area contributed by atoms with Crippen molar-refractivity contribution in [3.05, 3.63) is 45.7 Å². The van der Waals surface area contributed by atoms with E-state index < -0.39 is 5.97 Å². The average molecular weight is 445 g/mol. The smallest absolute Gasteiger partial charge is 0.359 e. The molecule has 0 radical (unpaired) electrons. The van der Waals surface area contributed by atoms with Gasteiger partial charge in [0.25, 0.3) is 0 Å². The quantitative estimate of drug-likeness (QED) is 0.662. The molecule has 166 valence electrons. The minimum Gasteiger partial charge on any atom is -0.461 e. The molecule has 8 heteroatoms. The fourth-order valence-electron chi connectivity index (χ4n) is 4.47. The van der Waals surface area contributed by atoms with Gasteiger partial charge in [-0.3, -0.25) is 9.48 Å². The summed E-state index contributed by atoms with van der Waals surface area (Å²) >= 11 is 6.48. The maximum absolute atomic E-state index is 13.0. The number of rotatable bonds is 5. The summed E-state index contributed by atoms with van der Waals surface area (Å²) in [6, 6.07) is 6.04. The SMILES string of the molecule is CCOC(=O)c1nn(CC(=O)N2CCN(c3cccc(C)c3Cl)CC2)c2c1CCCC2. The molecule has 1 fully saturated rings. The number of nitrogens with zero attached hydrogens (tertiary/aromatic N) is 4. The molecule has 1 amide bonds. The van der Waals surface area contributed by atoms with Crippen molar-refractivity contribution in [1.29, 1.82) is 0 Å². The molecule has 2 aliphatic rings. The molecule has 0 atom stereocenters. The lowest BCUT2D eigenvalue weighted by atomic mass is 9.95. The highest BCUT2D eigenvalue weighted by atomic mass is 35.5. The largest absolute Gasteiger partial charge is 0.461 e. The number of aryl methyl sites for hydroxylation is 1. The summed E-state index contributed by atoms with van der Waals surface area (Å²) in [6.07, 6.45) is 3.73. The van der Waals surface area contributed by atoms with Gasteiger partial charge in [0.1, 0.15) is 6.54 Å². The van der Waals surface area contributed by atoms with Crippen molar-refractivity contribution in [3.8, 4) is 0 Å². The molecule has 1 aliphatic carbocycles. The van der Waals surface area contributed by atoms with Gasteiger partial charge in [-0.15, -0.1) is 0 Å². The third-order valence-electron chi connectivity index (χ3n) is 6.16. The standard InChI is InChI=1S/C23H29ClN4O3/c1-3-31-23(30)22-17-8-4-5-9-18(17)28(25-22)15-20(29)27-13-11-26(12-14-27)19-10-6-7-16(2)21(19)24/h6-7,10H,3-5,8-9,11-15H2,1-2H3. The third-order valence-corrected chi connectivity index (χ3v) is 6.65. The van der Waals surface area contributed by atoms with Gasteiger partial charge in [0.05, 0.1) is 17.3 Å². The van der Waals surface area contributed by atoms with Crippen LogP contribution < -0.4 is 4.90 Å². The van der Waals surface area contributed by atoms with Crippen molar-refractivity contribution in [2.75, 3.05) is 37.7 Å². The number of esters is 1. The summed E-state index contributed by atoms with van der Waals surface area (Å²) in [5.74, 6) is -0.364. The Morgan fingerprint density at radius 2 is 1.87 bits per heavy atom. The molecule has 0 N–H and O–H groups in total. The molecule has 7 nitrogen and oxygen atoms in total. The predicted molar refractivity (Wildman–Crippen MR) is 120 cm³/mol. The highest BCUT2D eigenvalue weighted by Crippen LogP contribution is 2.30. The zero-order valence-corrected chi connectivity index (χ0v) is 19.0. The van der Waals surface area contributed by atoms with Crippen molar-refractivity contribution < 1.29 is 14.3 Å². The van der Waals surface area contributed by atoms with Crippen LogP contribution in [0, 0.1) is 6.92 Å². The number of hydrogen-bond donors (Lipinski definition) is 0. The van der Waals surface area contributed by atoms with E-state index in [-0.39, 0.29) is 12.5 Å². The first-order chi connectivity index (χ1) is 15.0. The topological polar surface area (TPSA) is 67.7 Å². The van der Waals surface area contributed by atoms with Crippen LogP contribution in [0.15, 0.2) is 18.2 Å². The fourth-order valence-corrected chi connectivity index (χ4v) is 4.71. The van der Waals surface area contributed by atoms with Crippen LogP contribution in [0.1, 0.15) is 47.1 Å². The maximum Gasteiger partial charge on any atom is 0.359 e. The molecular formula is C23H29ClN4O3. The number of benzene rings is 1. The van der Waals surface area contributed by atoms with E-state index >= 15 is 0 Å². The van der Waals surface area contributed by atoms with Crippen LogP contribution >= 0.6 is 11.6 Å². The third kappa shape index (κ3) is 4.42. The lowest BCUT2D eigenvalue weighted by Crippen LogP contribution is -2.49. The molecule has 0 saturated carbocycles. The highest BCUT2D eigenvalue weighted by molar-refractivity contribution is 6.34. The van der Waals surface area contributed by atoms with Gasteiger partial charge < -0.3 is 14.5 Å². The minimum atomic E-state index is -0.393. The van der Waals surface area contributed by atoms with E-state index in [0.717, 1.165) is 66.3 Å². The molecule has 1 aromatic heterocycles. The Labute approximate surface area is 187 Å². The molecule has 0 bridgehead atoms. The molecule has 1 aromatic carbocycles. The van der Waals surface area contributed by atoms with E-state index in [9.17, 15) is 9.59 Å². The van der Waals surface area contributed by atoms with E-state index in [2.05, 4.69) is 10.00 Å². The first-order valence-electron chi connectivity index (χ1n) is 11.0. The van der Waals surface area contributed by atoms with Crippen molar-refractivity contribution in [3.63, 3.8) is 0 Å². The molecule has 4 rings (SSSR count). The van der Waals surface area contributed by atoms with E-state index in [1.165, 1.54) is 0 Å². The summed E-state index contributed by atoms with van der Waals surface area (Å²) in [4.78, 5) is 29.5. The van der Waals surface area contributed by atoms with Gasteiger partial charge >= 0.3 is 5.97 Å². The van der Waals surface area contributed by atoms with Gasteiger partial charge in [-0.1, -0.05) is 23.7 Å². The fraction of sp³-hybridized carbons (Fsp3) is 0.522. The number of hydrogen-bond acceptors (Lipinski definition) is 5. The Morgan fingerprint density at radius 3 is 2.61 bits per heavy atom. The number of halogens is 1. The lowest BCUT2D eigenvalue weighted by molar-refractivity contribution is -0.132. The Bertz CT molecular complexity index is 979. The summed E-state index contributed by atoms with van der Waals surface area (Å²) < 4.78 is 6.90. The van der Waals surface area contributed by atoms with E-state index in [4.69, 9.17) is 16.3 Å². The molecule has 31 heavy (non-hydrogen) atoms. The van der Waals surface area contributed by atoms with Crippen LogP contribution in [0.4, 0.5) is 5.69 Å². The minimum absolute atomic E-state index is 0.0290. The van der Waals surface area contributed by atoms with Crippen LogP contribution in [-0.2, 0) is 28.9 Å². The number of ether oxygens (including phenoxy) is 1. The van der Waals surface area contributed by atoms with Crippen LogP contribution in [0.3, 0.4) is 0 Å². The van der Waals surface area contributed by atoms with Gasteiger partial charge in [0.2, 0.25) is 5.91 Å². The number of fused-ring (bicyclic) bond motifs is 1. The first-order valence-corrected chi connectivity index (χ1v) is 11.4. The Kier molecular flexibility index (Phi) is 6.51. The molecule has 2 heterocycles. The lowest BCUT2D eigenvalue weighted by Gasteiger charge is -2.36. The Balaban J connectivity index is 1.44. The van der Waals surface area contributed by atoms with Crippen molar-refractivity contribution >= 4 is 29.2 Å². The maximum atomic E-state index is 13.0. The zero-order valence-electron chi connectivity index (χ0n) is 18.2. The number of aromatic nitrogens is 2. The second-order valence-corrected chi connectivity index (χ2v) is 8.51. The molecule has 0 unspecified atom stereocenters. The number of amides is 1. The van der Waals surface area contributed by atoms with Crippen LogP contribution in [0.2, 0.25) is 5.02 Å². The number of carbonyl (C=O) groups is 2.